The van der Waals surface area contributed by atoms with E-state index in [1.807, 2.05) is 24.3 Å². The minimum Gasteiger partial charge on any atom is -0.493 e. The molecule has 152 valence electrons. The van der Waals surface area contributed by atoms with Gasteiger partial charge in [0.05, 0.1) is 20.8 Å². The van der Waals surface area contributed by atoms with Crippen molar-refractivity contribution in [1.82, 2.24) is 15.0 Å². The molecular formula is C22H25N3O4. The predicted molar refractivity (Wildman–Crippen MR) is 109 cm³/mol. The number of aromatic nitrogens is 2. The molecule has 0 fully saturated rings. The van der Waals surface area contributed by atoms with Crippen LogP contribution < -0.4 is 9.47 Å². The van der Waals surface area contributed by atoms with Crippen molar-refractivity contribution in [3.05, 3.63) is 60.0 Å². The van der Waals surface area contributed by atoms with E-state index in [0.717, 1.165) is 18.4 Å². The monoisotopic (exact) mass is 395 g/mol. The van der Waals surface area contributed by atoms with E-state index in [9.17, 15) is 4.79 Å². The van der Waals surface area contributed by atoms with Crippen molar-refractivity contribution in [2.24, 2.45) is 0 Å². The maximum Gasteiger partial charge on any atom is 0.246 e. The van der Waals surface area contributed by atoms with Gasteiger partial charge in [0.15, 0.2) is 11.5 Å². The van der Waals surface area contributed by atoms with Crippen molar-refractivity contribution in [3.8, 4) is 22.9 Å². The van der Waals surface area contributed by atoms with Gasteiger partial charge in [-0.05, 0) is 36.6 Å². The number of benzene rings is 2. The number of aryl methyl sites for hydroxylation is 1. The summed E-state index contributed by atoms with van der Waals surface area (Å²) in [6.45, 7) is 0.268. The summed E-state index contributed by atoms with van der Waals surface area (Å²) < 4.78 is 15.9. The Labute approximate surface area is 170 Å². The summed E-state index contributed by atoms with van der Waals surface area (Å²) in [5.74, 6) is 2.08. The van der Waals surface area contributed by atoms with Gasteiger partial charge in [-0.15, -0.1) is 0 Å². The largest absolute Gasteiger partial charge is 0.493 e. The maximum atomic E-state index is 12.4. The minimum absolute atomic E-state index is 0.0480. The molecule has 29 heavy (non-hydrogen) atoms. The zero-order valence-corrected chi connectivity index (χ0v) is 16.9. The summed E-state index contributed by atoms with van der Waals surface area (Å²) in [6.07, 6.45) is 2.15. The Balaban J connectivity index is 1.55. The van der Waals surface area contributed by atoms with Crippen LogP contribution in [-0.4, -0.2) is 42.2 Å². The third-order valence-electron chi connectivity index (χ3n) is 4.61. The van der Waals surface area contributed by atoms with Crippen molar-refractivity contribution < 1.29 is 18.8 Å². The van der Waals surface area contributed by atoms with E-state index in [2.05, 4.69) is 22.3 Å². The van der Waals surface area contributed by atoms with E-state index in [1.54, 1.807) is 38.3 Å². The number of carbonyl (C=O) groups is 1. The molecule has 1 heterocycles. The van der Waals surface area contributed by atoms with Crippen LogP contribution in [0.4, 0.5) is 0 Å². The lowest BCUT2D eigenvalue weighted by Gasteiger charge is -2.14. The van der Waals surface area contributed by atoms with Crippen molar-refractivity contribution in [2.75, 3.05) is 21.3 Å². The van der Waals surface area contributed by atoms with Crippen LogP contribution in [0.5, 0.6) is 11.5 Å². The first kappa shape index (κ1) is 20.4. The number of methoxy groups -OCH3 is 2. The molecule has 0 aliphatic heterocycles. The zero-order valence-electron chi connectivity index (χ0n) is 16.9. The third kappa shape index (κ3) is 5.34. The highest BCUT2D eigenvalue weighted by molar-refractivity contribution is 5.75. The molecule has 0 atom stereocenters. The summed E-state index contributed by atoms with van der Waals surface area (Å²) in [6, 6.07) is 15.5. The first-order valence-corrected chi connectivity index (χ1v) is 9.43. The van der Waals surface area contributed by atoms with Crippen LogP contribution in [0.15, 0.2) is 53.1 Å². The zero-order chi connectivity index (χ0) is 20.6. The number of ether oxygens (including phenoxy) is 2. The molecule has 0 saturated carbocycles. The molecule has 0 N–H and O–H groups in total. The Morgan fingerprint density at radius 3 is 2.55 bits per heavy atom. The first-order valence-electron chi connectivity index (χ1n) is 9.43. The van der Waals surface area contributed by atoms with Crippen LogP contribution in [0.2, 0.25) is 0 Å². The molecule has 0 aliphatic rings. The standard InChI is InChI=1S/C22H25N3O4/c1-25(21(26)11-7-10-16-8-5-4-6-9-16)15-20-23-22(24-29-20)17-12-13-18(27-2)19(14-17)28-3/h4-6,8-9,12-14H,7,10-11,15H2,1-3H3. The Morgan fingerprint density at radius 2 is 1.83 bits per heavy atom. The van der Waals surface area contributed by atoms with E-state index < -0.39 is 0 Å². The molecule has 0 aliphatic carbocycles. The number of rotatable bonds is 9. The second kappa shape index (κ2) is 9.73. The van der Waals surface area contributed by atoms with Crippen molar-refractivity contribution in [3.63, 3.8) is 0 Å². The average molecular weight is 395 g/mol. The Morgan fingerprint density at radius 1 is 1.07 bits per heavy atom. The van der Waals surface area contributed by atoms with Crippen LogP contribution >= 0.6 is 0 Å². The SMILES string of the molecule is COc1ccc(-c2noc(CN(C)C(=O)CCCc3ccccc3)n2)cc1OC. The maximum absolute atomic E-state index is 12.4. The Hall–Kier alpha value is -3.35. The fourth-order valence-corrected chi connectivity index (χ4v) is 2.98. The van der Waals surface area contributed by atoms with Gasteiger partial charge in [-0.25, -0.2) is 0 Å². The molecule has 0 saturated heterocycles. The second-order valence-corrected chi connectivity index (χ2v) is 6.67. The summed E-state index contributed by atoms with van der Waals surface area (Å²) in [5, 5.41) is 4.01. The summed E-state index contributed by atoms with van der Waals surface area (Å²) in [5.41, 5.74) is 1.98. The molecule has 7 heteroatoms. The molecule has 1 amide bonds. The van der Waals surface area contributed by atoms with E-state index >= 15 is 0 Å². The van der Waals surface area contributed by atoms with Gasteiger partial charge in [0.1, 0.15) is 0 Å². The van der Waals surface area contributed by atoms with Crippen molar-refractivity contribution in [2.45, 2.75) is 25.8 Å². The number of hydrogen-bond acceptors (Lipinski definition) is 6. The van der Waals surface area contributed by atoms with E-state index in [-0.39, 0.29) is 12.5 Å². The predicted octanol–water partition coefficient (Wildman–Crippen LogP) is 3.74. The molecule has 0 radical (unpaired) electrons. The first-order chi connectivity index (χ1) is 14.1. The molecule has 1 aromatic heterocycles. The lowest BCUT2D eigenvalue weighted by molar-refractivity contribution is -0.130. The van der Waals surface area contributed by atoms with E-state index in [4.69, 9.17) is 14.0 Å². The number of carbonyl (C=O) groups excluding carboxylic acids is 1. The molecule has 0 unspecified atom stereocenters. The normalized spacial score (nSPS) is 10.6. The topological polar surface area (TPSA) is 77.7 Å². The third-order valence-corrected chi connectivity index (χ3v) is 4.61. The van der Waals surface area contributed by atoms with E-state index in [1.165, 1.54) is 5.56 Å². The molecule has 7 nitrogen and oxygen atoms in total. The summed E-state index contributed by atoms with van der Waals surface area (Å²) in [7, 11) is 4.89. The fraction of sp³-hybridized carbons (Fsp3) is 0.318. The molecule has 3 rings (SSSR count). The van der Waals surface area contributed by atoms with Gasteiger partial charge in [-0.3, -0.25) is 4.79 Å². The Kier molecular flexibility index (Phi) is 6.84. The molecular weight excluding hydrogens is 370 g/mol. The number of hydrogen-bond donors (Lipinski definition) is 0. The van der Waals surface area contributed by atoms with Gasteiger partial charge < -0.3 is 18.9 Å². The molecule has 3 aromatic rings. The highest BCUT2D eigenvalue weighted by Gasteiger charge is 2.16. The lowest BCUT2D eigenvalue weighted by atomic mass is 10.1. The number of amides is 1. The average Bonchev–Trinajstić information content (AvgIpc) is 3.22. The van der Waals surface area contributed by atoms with E-state index in [0.29, 0.717) is 29.6 Å². The van der Waals surface area contributed by atoms with Gasteiger partial charge in [-0.2, -0.15) is 4.98 Å². The smallest absolute Gasteiger partial charge is 0.246 e. The van der Waals surface area contributed by atoms with Crippen molar-refractivity contribution in [1.29, 1.82) is 0 Å². The minimum atomic E-state index is 0.0480. The molecule has 2 aromatic carbocycles. The van der Waals surface area contributed by atoms with Crippen LogP contribution in [0, 0.1) is 0 Å². The van der Waals surface area contributed by atoms with Crippen LogP contribution in [0.1, 0.15) is 24.3 Å². The molecule has 0 spiro atoms. The fourth-order valence-electron chi connectivity index (χ4n) is 2.98. The summed E-state index contributed by atoms with van der Waals surface area (Å²) >= 11 is 0. The van der Waals surface area contributed by atoms with Gasteiger partial charge in [0.2, 0.25) is 17.6 Å². The quantitative estimate of drug-likeness (QED) is 0.549. The van der Waals surface area contributed by atoms with Gasteiger partial charge in [-0.1, -0.05) is 35.5 Å². The van der Waals surface area contributed by atoms with Crippen LogP contribution in [0.25, 0.3) is 11.4 Å². The summed E-state index contributed by atoms with van der Waals surface area (Å²) in [4.78, 5) is 18.4. The highest BCUT2D eigenvalue weighted by Crippen LogP contribution is 2.31. The number of nitrogens with zero attached hydrogens (tertiary/aromatic N) is 3. The Bertz CT molecular complexity index is 940. The molecule has 0 bridgehead atoms. The van der Waals surface area contributed by atoms with Crippen molar-refractivity contribution >= 4 is 5.91 Å². The second-order valence-electron chi connectivity index (χ2n) is 6.67. The lowest BCUT2D eigenvalue weighted by Crippen LogP contribution is -2.26. The van der Waals surface area contributed by atoms with Crippen LogP contribution in [0.3, 0.4) is 0 Å². The highest BCUT2D eigenvalue weighted by atomic mass is 16.5. The van der Waals surface area contributed by atoms with Gasteiger partial charge in [0, 0.05) is 19.0 Å². The van der Waals surface area contributed by atoms with Gasteiger partial charge in [0.25, 0.3) is 0 Å². The van der Waals surface area contributed by atoms with Crippen LogP contribution in [-0.2, 0) is 17.8 Å². The van der Waals surface area contributed by atoms with Gasteiger partial charge >= 0.3 is 0 Å².